The monoisotopic (exact) mass is 371 g/mol. The summed E-state index contributed by atoms with van der Waals surface area (Å²) in [5, 5.41) is 1.60. The molecule has 0 bridgehead atoms. The molecule has 0 aromatic heterocycles. The van der Waals surface area contributed by atoms with Crippen molar-refractivity contribution < 1.29 is 26.8 Å². The molecule has 0 aliphatic carbocycles. The third-order valence-corrected chi connectivity index (χ3v) is 4.51. The van der Waals surface area contributed by atoms with Crippen LogP contribution >= 0.6 is 0 Å². The lowest BCUT2D eigenvalue weighted by Crippen LogP contribution is -2.36. The molecule has 0 spiro atoms. The lowest BCUT2D eigenvalue weighted by atomic mass is 9.90. The molecule has 2 nitrogen and oxygen atoms in total. The zero-order valence-electron chi connectivity index (χ0n) is 13.8. The van der Waals surface area contributed by atoms with E-state index in [-0.39, 0.29) is 5.75 Å². The van der Waals surface area contributed by atoms with E-state index in [4.69, 9.17) is 4.84 Å². The van der Waals surface area contributed by atoms with Crippen molar-refractivity contribution >= 4 is 0 Å². The fourth-order valence-electron chi connectivity index (χ4n) is 3.07. The largest absolute Gasteiger partial charge is 0.458 e. The molecule has 2 aromatic carbocycles. The van der Waals surface area contributed by atoms with Crippen molar-refractivity contribution in [1.29, 1.82) is 0 Å². The molecule has 0 saturated carbocycles. The second-order valence-corrected chi connectivity index (χ2v) is 6.31. The number of hydrogen-bond donors (Lipinski definition) is 0. The Morgan fingerprint density at radius 3 is 2.12 bits per heavy atom. The van der Waals surface area contributed by atoms with Gasteiger partial charge in [-0.2, -0.15) is 22.0 Å². The predicted octanol–water partition coefficient (Wildman–Crippen LogP) is 5.51. The van der Waals surface area contributed by atoms with E-state index in [0.29, 0.717) is 19.0 Å². The fraction of sp³-hybridized carbons (Fsp3) is 0.368. The van der Waals surface area contributed by atoms with E-state index in [1.807, 2.05) is 18.2 Å². The third kappa shape index (κ3) is 3.98. The summed E-state index contributed by atoms with van der Waals surface area (Å²) in [6.07, 6.45) is -4.00. The predicted molar refractivity (Wildman–Crippen MR) is 87.0 cm³/mol. The summed E-state index contributed by atoms with van der Waals surface area (Å²) in [5.41, 5.74) is 0.112. The van der Waals surface area contributed by atoms with Gasteiger partial charge in [-0.15, -0.1) is 5.06 Å². The Hall–Kier alpha value is -2.15. The van der Waals surface area contributed by atoms with Crippen molar-refractivity contribution in [1.82, 2.24) is 5.06 Å². The first-order chi connectivity index (χ1) is 12.3. The van der Waals surface area contributed by atoms with Crippen LogP contribution in [-0.4, -0.2) is 24.3 Å². The molecule has 7 heteroatoms. The lowest BCUT2D eigenvalue weighted by Gasteiger charge is -2.31. The number of rotatable bonds is 4. The average Bonchev–Trinajstić information content (AvgIpc) is 2.62. The van der Waals surface area contributed by atoms with Gasteiger partial charge in [0.15, 0.2) is 0 Å². The number of hydroxylamine groups is 2. The molecule has 1 fully saturated rings. The van der Waals surface area contributed by atoms with Crippen LogP contribution in [0, 0.1) is 0 Å². The van der Waals surface area contributed by atoms with Gasteiger partial charge in [0.1, 0.15) is 5.75 Å². The molecule has 1 aliphatic rings. The van der Waals surface area contributed by atoms with Crippen LogP contribution in [0.5, 0.6) is 5.75 Å². The molecule has 0 unspecified atom stereocenters. The Morgan fingerprint density at radius 1 is 0.846 bits per heavy atom. The number of halogens is 5. The van der Waals surface area contributed by atoms with Crippen LogP contribution in [0.2, 0.25) is 0 Å². The van der Waals surface area contributed by atoms with E-state index in [1.165, 1.54) is 11.6 Å². The van der Waals surface area contributed by atoms with Crippen LogP contribution in [0.15, 0.2) is 54.6 Å². The highest BCUT2D eigenvalue weighted by Crippen LogP contribution is 2.44. The van der Waals surface area contributed by atoms with E-state index >= 15 is 0 Å². The van der Waals surface area contributed by atoms with Gasteiger partial charge in [-0.05, 0) is 36.5 Å². The summed E-state index contributed by atoms with van der Waals surface area (Å²) < 4.78 is 64.5. The summed E-state index contributed by atoms with van der Waals surface area (Å²) in [4.78, 5) is 5.52. The van der Waals surface area contributed by atoms with Crippen LogP contribution in [0.25, 0.3) is 0 Å². The first kappa shape index (κ1) is 18.6. The highest BCUT2D eigenvalue weighted by molar-refractivity contribution is 5.32. The zero-order valence-corrected chi connectivity index (χ0v) is 13.8. The molecule has 1 aliphatic heterocycles. The number of alkyl halides is 5. The standard InChI is InChI=1S/C19H18F5NO/c20-18(21,19(22,23)24)16-7-4-8-17(13-16)26-25-11-9-15(10-12-25)14-5-2-1-3-6-14/h1-8,13,15H,9-12H2. The average molecular weight is 371 g/mol. The second-order valence-electron chi connectivity index (χ2n) is 6.31. The van der Waals surface area contributed by atoms with Gasteiger partial charge in [-0.1, -0.05) is 42.5 Å². The zero-order chi connectivity index (χ0) is 18.8. The Morgan fingerprint density at radius 2 is 1.50 bits per heavy atom. The summed E-state index contributed by atoms with van der Waals surface area (Å²) >= 11 is 0. The Balaban J connectivity index is 1.63. The Labute approximate surface area is 148 Å². The minimum Gasteiger partial charge on any atom is -0.406 e. The van der Waals surface area contributed by atoms with Gasteiger partial charge in [0, 0.05) is 18.7 Å². The van der Waals surface area contributed by atoms with Crippen LogP contribution in [0.1, 0.15) is 29.9 Å². The molecule has 26 heavy (non-hydrogen) atoms. The molecule has 1 saturated heterocycles. The van der Waals surface area contributed by atoms with Crippen LogP contribution in [0.3, 0.4) is 0 Å². The van der Waals surface area contributed by atoms with Crippen molar-refractivity contribution in [3.05, 3.63) is 65.7 Å². The first-order valence-electron chi connectivity index (χ1n) is 8.30. The highest BCUT2D eigenvalue weighted by Gasteiger charge is 2.58. The molecule has 0 atom stereocenters. The van der Waals surface area contributed by atoms with Gasteiger partial charge in [-0.25, -0.2) is 0 Å². The normalized spacial score (nSPS) is 17.3. The maximum Gasteiger partial charge on any atom is 0.458 e. The van der Waals surface area contributed by atoms with Crippen LogP contribution in [0.4, 0.5) is 22.0 Å². The number of nitrogens with zero attached hydrogens (tertiary/aromatic N) is 1. The minimum absolute atomic E-state index is 0.0235. The van der Waals surface area contributed by atoms with Gasteiger partial charge in [-0.3, -0.25) is 0 Å². The molecular formula is C19H18F5NO. The topological polar surface area (TPSA) is 12.5 Å². The first-order valence-corrected chi connectivity index (χ1v) is 8.30. The molecule has 3 rings (SSSR count). The van der Waals surface area contributed by atoms with Gasteiger partial charge in [0.2, 0.25) is 0 Å². The van der Waals surface area contributed by atoms with Gasteiger partial charge in [0.25, 0.3) is 0 Å². The van der Waals surface area contributed by atoms with E-state index in [1.54, 1.807) is 5.06 Å². The van der Waals surface area contributed by atoms with E-state index < -0.39 is 17.7 Å². The summed E-state index contributed by atoms with van der Waals surface area (Å²) in [6, 6.07) is 14.0. The number of piperidine rings is 1. The molecule has 140 valence electrons. The van der Waals surface area contributed by atoms with Crippen LogP contribution < -0.4 is 4.84 Å². The summed E-state index contributed by atoms with van der Waals surface area (Å²) in [7, 11) is 0. The number of benzene rings is 2. The van der Waals surface area contributed by atoms with Gasteiger partial charge >= 0.3 is 12.1 Å². The SMILES string of the molecule is FC(F)(F)C(F)(F)c1cccc(ON2CCC(c3ccccc3)CC2)c1. The molecule has 0 radical (unpaired) electrons. The van der Waals surface area contributed by atoms with Gasteiger partial charge < -0.3 is 4.84 Å². The molecule has 1 heterocycles. The third-order valence-electron chi connectivity index (χ3n) is 4.51. The fourth-order valence-corrected chi connectivity index (χ4v) is 3.07. The maximum atomic E-state index is 13.5. The maximum absolute atomic E-state index is 13.5. The van der Waals surface area contributed by atoms with Crippen molar-refractivity contribution in [3.8, 4) is 5.75 Å². The van der Waals surface area contributed by atoms with E-state index in [0.717, 1.165) is 31.0 Å². The smallest absolute Gasteiger partial charge is 0.406 e. The molecular weight excluding hydrogens is 353 g/mol. The minimum atomic E-state index is -5.64. The van der Waals surface area contributed by atoms with Crippen molar-refractivity contribution in [3.63, 3.8) is 0 Å². The highest BCUT2D eigenvalue weighted by atomic mass is 19.4. The van der Waals surface area contributed by atoms with Crippen LogP contribution in [-0.2, 0) is 5.92 Å². The van der Waals surface area contributed by atoms with Gasteiger partial charge in [0.05, 0.1) is 0 Å². The number of hydrogen-bond acceptors (Lipinski definition) is 2. The molecule has 2 aromatic rings. The van der Waals surface area contributed by atoms with Crippen molar-refractivity contribution in [2.24, 2.45) is 0 Å². The molecule has 0 N–H and O–H groups in total. The second kappa shape index (κ2) is 7.23. The van der Waals surface area contributed by atoms with Crippen molar-refractivity contribution in [2.45, 2.75) is 30.9 Å². The van der Waals surface area contributed by atoms with E-state index in [9.17, 15) is 22.0 Å². The summed E-state index contributed by atoms with van der Waals surface area (Å²) in [6.45, 7) is 1.14. The Bertz CT molecular complexity index is 724. The van der Waals surface area contributed by atoms with E-state index in [2.05, 4.69) is 12.1 Å². The summed E-state index contributed by atoms with van der Waals surface area (Å²) in [5.74, 6) is -4.55. The molecule has 0 amide bonds. The lowest BCUT2D eigenvalue weighted by molar-refractivity contribution is -0.289. The Kier molecular flexibility index (Phi) is 5.18. The van der Waals surface area contributed by atoms with Crippen molar-refractivity contribution in [2.75, 3.05) is 13.1 Å². The quantitative estimate of drug-likeness (QED) is 0.657.